The topological polar surface area (TPSA) is 69.7 Å². The molecule has 3 atom stereocenters. The first kappa shape index (κ1) is 27.5. The van der Waals surface area contributed by atoms with Crippen molar-refractivity contribution >= 4 is 40.9 Å². The van der Waals surface area contributed by atoms with E-state index >= 15 is 0 Å². The Hall–Kier alpha value is -2.57. The predicted octanol–water partition coefficient (Wildman–Crippen LogP) is 5.28. The maximum absolute atomic E-state index is 13.8. The van der Waals surface area contributed by atoms with Gasteiger partial charge in [0, 0.05) is 48.6 Å². The maximum Gasteiger partial charge on any atom is 0.254 e. The molecule has 2 fully saturated rings. The molecule has 6 nitrogen and oxygen atoms in total. The second-order valence-electron chi connectivity index (χ2n) is 10.0. The van der Waals surface area contributed by atoms with E-state index in [0.717, 1.165) is 44.1 Å². The molecular weight excluding hydrogens is 509 g/mol. The normalized spacial score (nSPS) is 21.8. The zero-order chi connectivity index (χ0) is 26.2. The van der Waals surface area contributed by atoms with Gasteiger partial charge in [-0.05, 0) is 55.5 Å². The molecule has 4 rings (SSSR count). The number of piperidine rings is 1. The third-order valence-electron chi connectivity index (χ3n) is 7.46. The number of benzene rings is 2. The van der Waals surface area contributed by atoms with Crippen LogP contribution in [0.1, 0.15) is 60.9 Å². The van der Waals surface area contributed by atoms with E-state index in [4.69, 9.17) is 23.2 Å². The van der Waals surface area contributed by atoms with Gasteiger partial charge < -0.3 is 15.1 Å². The average Bonchev–Trinajstić information content (AvgIpc) is 2.93. The lowest BCUT2D eigenvalue weighted by atomic mass is 9.87. The van der Waals surface area contributed by atoms with Gasteiger partial charge in [0.15, 0.2) is 0 Å². The Kier molecular flexibility index (Phi) is 9.87. The van der Waals surface area contributed by atoms with Gasteiger partial charge in [0.1, 0.15) is 0 Å². The van der Waals surface area contributed by atoms with E-state index < -0.39 is 0 Å². The lowest BCUT2D eigenvalue weighted by Gasteiger charge is -2.41. The van der Waals surface area contributed by atoms with Crippen molar-refractivity contribution in [2.45, 2.75) is 63.6 Å². The number of nitrogens with zero attached hydrogens (tertiary/aromatic N) is 2. The smallest absolute Gasteiger partial charge is 0.254 e. The Labute approximate surface area is 229 Å². The van der Waals surface area contributed by atoms with Crippen LogP contribution in [-0.4, -0.2) is 58.6 Å². The third-order valence-corrected chi connectivity index (χ3v) is 7.90. The minimum Gasteiger partial charge on any atom is -0.351 e. The highest BCUT2D eigenvalue weighted by Crippen LogP contribution is 2.28. The number of carbonyl (C=O) groups excluding carboxylic acids is 3. The minimum absolute atomic E-state index is 0.00522. The number of amides is 3. The lowest BCUT2D eigenvalue weighted by molar-refractivity contribution is -0.135. The Morgan fingerprint density at radius 2 is 1.68 bits per heavy atom. The summed E-state index contributed by atoms with van der Waals surface area (Å²) in [5.41, 5.74) is 1.62. The van der Waals surface area contributed by atoms with Gasteiger partial charge in [-0.25, -0.2) is 0 Å². The Morgan fingerprint density at radius 1 is 0.946 bits per heavy atom. The van der Waals surface area contributed by atoms with Gasteiger partial charge in [-0.2, -0.15) is 0 Å². The number of hydrogen-bond donors (Lipinski definition) is 1. The van der Waals surface area contributed by atoms with Crippen LogP contribution in [0.15, 0.2) is 54.6 Å². The van der Waals surface area contributed by atoms with Crippen molar-refractivity contribution in [1.29, 1.82) is 0 Å². The summed E-state index contributed by atoms with van der Waals surface area (Å²) in [6, 6.07) is 16.6. The van der Waals surface area contributed by atoms with E-state index in [2.05, 4.69) is 5.32 Å². The number of alkyl halides is 1. The van der Waals surface area contributed by atoms with Crippen LogP contribution in [0.25, 0.3) is 0 Å². The minimum atomic E-state index is -0.245. The first-order valence-electron chi connectivity index (χ1n) is 13.2. The molecule has 0 spiro atoms. The molecule has 0 aromatic heterocycles. The van der Waals surface area contributed by atoms with Crippen LogP contribution in [0.5, 0.6) is 0 Å². The highest BCUT2D eigenvalue weighted by atomic mass is 35.5. The van der Waals surface area contributed by atoms with Gasteiger partial charge in [-0.3, -0.25) is 14.4 Å². The number of carbonyl (C=O) groups is 3. The average molecular weight is 545 g/mol. The Morgan fingerprint density at radius 3 is 2.41 bits per heavy atom. The van der Waals surface area contributed by atoms with E-state index in [1.807, 2.05) is 59.5 Å². The molecule has 0 bridgehead atoms. The molecule has 1 N–H and O–H groups in total. The van der Waals surface area contributed by atoms with E-state index in [1.54, 1.807) is 4.90 Å². The van der Waals surface area contributed by atoms with E-state index in [0.29, 0.717) is 36.6 Å². The molecule has 1 saturated heterocycles. The molecule has 198 valence electrons. The summed E-state index contributed by atoms with van der Waals surface area (Å²) in [4.78, 5) is 43.2. The van der Waals surface area contributed by atoms with Gasteiger partial charge in [0.25, 0.3) is 5.91 Å². The van der Waals surface area contributed by atoms with Crippen LogP contribution in [0.4, 0.5) is 0 Å². The van der Waals surface area contributed by atoms with Crippen molar-refractivity contribution in [2.24, 2.45) is 5.92 Å². The highest BCUT2D eigenvalue weighted by Gasteiger charge is 2.36. The molecular formula is C29H35Cl2N3O3. The first-order valence-corrected chi connectivity index (χ1v) is 14.1. The molecule has 8 heteroatoms. The summed E-state index contributed by atoms with van der Waals surface area (Å²) in [6.07, 6.45) is 5.49. The van der Waals surface area contributed by atoms with Crippen molar-refractivity contribution < 1.29 is 14.4 Å². The van der Waals surface area contributed by atoms with Crippen molar-refractivity contribution in [3.63, 3.8) is 0 Å². The number of rotatable bonds is 8. The van der Waals surface area contributed by atoms with Gasteiger partial charge in [-0.15, -0.1) is 11.6 Å². The molecule has 2 aromatic rings. The fourth-order valence-electron chi connectivity index (χ4n) is 5.48. The number of likely N-dealkylation sites (tertiary alicyclic amines) is 1. The van der Waals surface area contributed by atoms with Crippen LogP contribution in [0, 0.1) is 5.92 Å². The van der Waals surface area contributed by atoms with Crippen LogP contribution in [-0.2, 0) is 16.1 Å². The van der Waals surface area contributed by atoms with Crippen LogP contribution < -0.4 is 5.32 Å². The SMILES string of the molecule is O=C(NC1CCCC[C@H]1N(Cc1ccc(Cl)cc1)C(=O)c1ccccc1)C1CCCN(C(=O)CCCl)C1. The summed E-state index contributed by atoms with van der Waals surface area (Å²) in [7, 11) is 0. The molecule has 1 heterocycles. The second-order valence-corrected chi connectivity index (χ2v) is 10.8. The van der Waals surface area contributed by atoms with Crippen LogP contribution in [0.2, 0.25) is 5.02 Å². The molecule has 1 aliphatic heterocycles. The number of hydrogen-bond acceptors (Lipinski definition) is 3. The summed E-state index contributed by atoms with van der Waals surface area (Å²) in [5.74, 6) is -0.0265. The second kappa shape index (κ2) is 13.3. The van der Waals surface area contributed by atoms with Crippen LogP contribution >= 0.6 is 23.2 Å². The van der Waals surface area contributed by atoms with Crippen molar-refractivity contribution in [3.05, 3.63) is 70.7 Å². The molecule has 0 radical (unpaired) electrons. The molecule has 3 amide bonds. The maximum atomic E-state index is 13.8. The van der Waals surface area contributed by atoms with E-state index in [9.17, 15) is 14.4 Å². The first-order chi connectivity index (χ1) is 18.0. The summed E-state index contributed by atoms with van der Waals surface area (Å²) < 4.78 is 0. The van der Waals surface area contributed by atoms with E-state index in [1.165, 1.54) is 0 Å². The molecule has 1 saturated carbocycles. The summed E-state index contributed by atoms with van der Waals surface area (Å²) in [6.45, 7) is 1.54. The van der Waals surface area contributed by atoms with Gasteiger partial charge >= 0.3 is 0 Å². The zero-order valence-corrected chi connectivity index (χ0v) is 22.6. The molecule has 2 unspecified atom stereocenters. The quantitative estimate of drug-likeness (QED) is 0.460. The lowest BCUT2D eigenvalue weighted by Crippen LogP contribution is -2.56. The zero-order valence-electron chi connectivity index (χ0n) is 21.1. The van der Waals surface area contributed by atoms with Gasteiger partial charge in [0.05, 0.1) is 12.0 Å². The fraction of sp³-hybridized carbons (Fsp3) is 0.483. The number of halogens is 2. The standard InChI is InChI=1S/C29H35Cl2N3O3/c30-17-16-27(35)33-18-6-9-23(20-33)28(36)32-25-10-4-5-11-26(25)34(19-21-12-14-24(31)15-13-21)29(37)22-7-2-1-3-8-22/h1-3,7-8,12-15,23,25-26H,4-6,9-11,16-20H2,(H,32,36)/t23?,25?,26-/m1/s1. The number of nitrogens with one attached hydrogen (secondary N) is 1. The van der Waals surface area contributed by atoms with Crippen LogP contribution in [0.3, 0.4) is 0 Å². The largest absolute Gasteiger partial charge is 0.351 e. The summed E-state index contributed by atoms with van der Waals surface area (Å²) in [5, 5.41) is 3.95. The third kappa shape index (κ3) is 7.26. The predicted molar refractivity (Wildman–Crippen MR) is 147 cm³/mol. The Bertz CT molecular complexity index is 1060. The molecule has 37 heavy (non-hydrogen) atoms. The fourth-order valence-corrected chi connectivity index (χ4v) is 5.77. The Balaban J connectivity index is 1.52. The van der Waals surface area contributed by atoms with E-state index in [-0.39, 0.29) is 41.6 Å². The molecule has 1 aliphatic carbocycles. The highest BCUT2D eigenvalue weighted by molar-refractivity contribution is 6.30. The van der Waals surface area contributed by atoms with Crippen molar-refractivity contribution in [2.75, 3.05) is 19.0 Å². The van der Waals surface area contributed by atoms with Crippen molar-refractivity contribution in [3.8, 4) is 0 Å². The molecule has 2 aromatic carbocycles. The van der Waals surface area contributed by atoms with Gasteiger partial charge in [-0.1, -0.05) is 54.8 Å². The monoisotopic (exact) mass is 543 g/mol. The van der Waals surface area contributed by atoms with Crippen molar-refractivity contribution in [1.82, 2.24) is 15.1 Å². The molecule has 2 aliphatic rings. The summed E-state index contributed by atoms with van der Waals surface area (Å²) >= 11 is 11.9. The van der Waals surface area contributed by atoms with Gasteiger partial charge in [0.2, 0.25) is 11.8 Å².